The Labute approximate surface area is 149 Å². The molecule has 1 aromatic carbocycles. The summed E-state index contributed by atoms with van der Waals surface area (Å²) in [6.07, 6.45) is 0. The number of hydrogen-bond acceptors (Lipinski definition) is 5. The van der Waals surface area contributed by atoms with Crippen molar-refractivity contribution in [2.45, 2.75) is 11.8 Å². The van der Waals surface area contributed by atoms with Gasteiger partial charge in [0.05, 0.1) is 17.6 Å². The number of aliphatic hydroxyl groups is 1. The molecule has 0 saturated heterocycles. The van der Waals surface area contributed by atoms with Crippen molar-refractivity contribution in [1.29, 1.82) is 0 Å². The SMILES string of the molecule is Cc1cc(SCCNC(=O)C2=C(O)C(=O)N(C)C2)c2ccccc2n1. The molecule has 0 fully saturated rings. The molecule has 2 N–H and O–H groups in total. The number of aryl methyl sites for hydroxylation is 1. The van der Waals surface area contributed by atoms with Crippen molar-refractivity contribution in [3.05, 3.63) is 47.4 Å². The molecule has 2 amide bonds. The molecular weight excluding hydrogens is 338 g/mol. The lowest BCUT2D eigenvalue weighted by molar-refractivity contribution is -0.126. The summed E-state index contributed by atoms with van der Waals surface area (Å²) >= 11 is 1.64. The fourth-order valence-electron chi connectivity index (χ4n) is 2.69. The summed E-state index contributed by atoms with van der Waals surface area (Å²) in [7, 11) is 1.55. The van der Waals surface area contributed by atoms with Crippen LogP contribution in [-0.4, -0.2) is 52.7 Å². The number of pyridine rings is 1. The number of fused-ring (bicyclic) bond motifs is 1. The van der Waals surface area contributed by atoms with Crippen molar-refractivity contribution in [2.24, 2.45) is 0 Å². The number of para-hydroxylation sites is 1. The molecule has 2 heterocycles. The number of thioether (sulfide) groups is 1. The highest BCUT2D eigenvalue weighted by molar-refractivity contribution is 7.99. The van der Waals surface area contributed by atoms with Crippen LogP contribution in [0.2, 0.25) is 0 Å². The molecule has 1 aliphatic rings. The maximum atomic E-state index is 12.1. The molecule has 0 aliphatic carbocycles. The summed E-state index contributed by atoms with van der Waals surface area (Å²) in [4.78, 5) is 30.6. The van der Waals surface area contributed by atoms with E-state index in [9.17, 15) is 14.7 Å². The number of nitrogens with zero attached hydrogens (tertiary/aromatic N) is 2. The van der Waals surface area contributed by atoms with E-state index >= 15 is 0 Å². The van der Waals surface area contributed by atoms with Gasteiger partial charge in [0.2, 0.25) is 0 Å². The molecule has 0 atom stereocenters. The van der Waals surface area contributed by atoms with Gasteiger partial charge in [0.15, 0.2) is 5.76 Å². The molecule has 0 spiro atoms. The van der Waals surface area contributed by atoms with Crippen molar-refractivity contribution in [3.8, 4) is 0 Å². The quantitative estimate of drug-likeness (QED) is 0.632. The zero-order valence-electron chi connectivity index (χ0n) is 14.1. The van der Waals surface area contributed by atoms with Gasteiger partial charge in [-0.3, -0.25) is 14.6 Å². The van der Waals surface area contributed by atoms with Crippen molar-refractivity contribution < 1.29 is 14.7 Å². The Morgan fingerprint density at radius 3 is 2.88 bits per heavy atom. The standard InChI is InChI=1S/C18H19N3O3S/c1-11-9-15(12-5-3-4-6-14(12)20-11)25-8-7-19-17(23)13-10-21(2)18(24)16(13)22/h3-6,9,22H,7-8,10H2,1-2H3,(H,19,23). The normalized spacial score (nSPS) is 14.5. The van der Waals surface area contributed by atoms with Crippen LogP contribution in [0.25, 0.3) is 10.9 Å². The van der Waals surface area contributed by atoms with Crippen LogP contribution in [0.5, 0.6) is 0 Å². The molecule has 0 saturated carbocycles. The van der Waals surface area contributed by atoms with E-state index in [0.717, 1.165) is 21.5 Å². The van der Waals surface area contributed by atoms with E-state index in [-0.39, 0.29) is 12.1 Å². The average Bonchev–Trinajstić information content (AvgIpc) is 2.85. The number of aromatic nitrogens is 1. The Balaban J connectivity index is 1.59. The summed E-state index contributed by atoms with van der Waals surface area (Å²) in [6.45, 7) is 2.53. The van der Waals surface area contributed by atoms with Gasteiger partial charge >= 0.3 is 0 Å². The van der Waals surface area contributed by atoms with Gasteiger partial charge in [-0.25, -0.2) is 0 Å². The van der Waals surface area contributed by atoms with Crippen molar-refractivity contribution >= 4 is 34.5 Å². The second-order valence-corrected chi connectivity index (χ2v) is 7.01. The summed E-state index contributed by atoms with van der Waals surface area (Å²) in [6, 6.07) is 9.99. The molecule has 0 unspecified atom stereocenters. The molecule has 130 valence electrons. The Morgan fingerprint density at radius 1 is 1.40 bits per heavy atom. The summed E-state index contributed by atoms with van der Waals surface area (Å²) in [5, 5.41) is 13.5. The predicted octanol–water partition coefficient (Wildman–Crippen LogP) is 2.04. The van der Waals surface area contributed by atoms with E-state index in [1.54, 1.807) is 18.8 Å². The molecule has 7 heteroatoms. The van der Waals surface area contributed by atoms with E-state index in [4.69, 9.17) is 0 Å². The van der Waals surface area contributed by atoms with E-state index in [1.807, 2.05) is 37.3 Å². The van der Waals surface area contributed by atoms with Crippen molar-refractivity contribution in [3.63, 3.8) is 0 Å². The van der Waals surface area contributed by atoms with Gasteiger partial charge in [-0.1, -0.05) is 18.2 Å². The van der Waals surface area contributed by atoms with Crippen LogP contribution >= 0.6 is 11.8 Å². The number of aliphatic hydroxyl groups excluding tert-OH is 1. The van der Waals surface area contributed by atoms with Crippen LogP contribution in [-0.2, 0) is 9.59 Å². The van der Waals surface area contributed by atoms with E-state index in [0.29, 0.717) is 12.3 Å². The number of carbonyl (C=O) groups is 2. The number of nitrogens with one attached hydrogen (secondary N) is 1. The minimum atomic E-state index is -0.516. The maximum absolute atomic E-state index is 12.1. The van der Waals surface area contributed by atoms with Gasteiger partial charge in [0.1, 0.15) is 0 Å². The van der Waals surface area contributed by atoms with E-state index in [2.05, 4.69) is 10.3 Å². The summed E-state index contributed by atoms with van der Waals surface area (Å²) in [5.41, 5.74) is 2.03. The monoisotopic (exact) mass is 357 g/mol. The second-order valence-electron chi connectivity index (χ2n) is 5.87. The number of carbonyl (C=O) groups excluding carboxylic acids is 2. The Hall–Kier alpha value is -2.54. The predicted molar refractivity (Wildman–Crippen MR) is 97.5 cm³/mol. The highest BCUT2D eigenvalue weighted by atomic mass is 32.2. The van der Waals surface area contributed by atoms with E-state index in [1.165, 1.54) is 4.90 Å². The zero-order valence-corrected chi connectivity index (χ0v) is 14.9. The van der Waals surface area contributed by atoms with Crippen LogP contribution in [0, 0.1) is 6.92 Å². The first-order valence-electron chi connectivity index (χ1n) is 7.92. The fourth-order valence-corrected chi connectivity index (χ4v) is 3.70. The third kappa shape index (κ3) is 3.61. The third-order valence-corrected chi connectivity index (χ3v) is 5.01. The molecule has 6 nitrogen and oxygen atoms in total. The minimum absolute atomic E-state index is 0.128. The van der Waals surface area contributed by atoms with Crippen molar-refractivity contribution in [2.75, 3.05) is 25.9 Å². The average molecular weight is 357 g/mol. The van der Waals surface area contributed by atoms with Crippen LogP contribution in [0.4, 0.5) is 0 Å². The molecule has 25 heavy (non-hydrogen) atoms. The van der Waals surface area contributed by atoms with Gasteiger partial charge in [-0.2, -0.15) is 0 Å². The third-order valence-electron chi connectivity index (χ3n) is 3.96. The van der Waals surface area contributed by atoms with Crippen molar-refractivity contribution in [1.82, 2.24) is 15.2 Å². The van der Waals surface area contributed by atoms with Crippen LogP contribution in [0.3, 0.4) is 0 Å². The smallest absolute Gasteiger partial charge is 0.289 e. The van der Waals surface area contributed by atoms with E-state index < -0.39 is 17.6 Å². The lowest BCUT2D eigenvalue weighted by Crippen LogP contribution is -2.29. The van der Waals surface area contributed by atoms with Crippen LogP contribution < -0.4 is 5.32 Å². The molecule has 0 radical (unpaired) electrons. The molecular formula is C18H19N3O3S. The topological polar surface area (TPSA) is 82.5 Å². The zero-order chi connectivity index (χ0) is 18.0. The van der Waals surface area contributed by atoms with Gasteiger partial charge < -0.3 is 15.3 Å². The summed E-state index contributed by atoms with van der Waals surface area (Å²) in [5.74, 6) is -0.690. The molecule has 0 bridgehead atoms. The summed E-state index contributed by atoms with van der Waals surface area (Å²) < 4.78 is 0. The lowest BCUT2D eigenvalue weighted by atomic mass is 10.2. The number of hydrogen-bond donors (Lipinski definition) is 2. The number of rotatable bonds is 5. The fraction of sp³-hybridized carbons (Fsp3) is 0.278. The first-order chi connectivity index (χ1) is 12.0. The first-order valence-corrected chi connectivity index (χ1v) is 8.91. The highest BCUT2D eigenvalue weighted by Crippen LogP contribution is 2.27. The Morgan fingerprint density at radius 2 is 2.16 bits per heavy atom. The molecule has 3 rings (SSSR count). The second kappa shape index (κ2) is 7.14. The largest absolute Gasteiger partial charge is 0.503 e. The van der Waals surface area contributed by atoms with Crippen LogP contribution in [0.15, 0.2) is 46.6 Å². The van der Waals surface area contributed by atoms with Gasteiger partial charge in [-0.05, 0) is 19.1 Å². The Bertz CT molecular complexity index is 879. The first kappa shape index (κ1) is 17.3. The maximum Gasteiger partial charge on any atom is 0.289 e. The van der Waals surface area contributed by atoms with Gasteiger partial charge in [0, 0.05) is 35.3 Å². The molecule has 2 aromatic rings. The number of benzene rings is 1. The van der Waals surface area contributed by atoms with Gasteiger partial charge in [0.25, 0.3) is 11.8 Å². The minimum Gasteiger partial charge on any atom is -0.503 e. The number of amides is 2. The Kier molecular flexibility index (Phi) is 4.94. The van der Waals surface area contributed by atoms with Crippen LogP contribution in [0.1, 0.15) is 5.69 Å². The molecule has 1 aliphatic heterocycles. The highest BCUT2D eigenvalue weighted by Gasteiger charge is 2.31. The van der Waals surface area contributed by atoms with Gasteiger partial charge in [-0.15, -0.1) is 11.8 Å². The number of likely N-dealkylation sites (N-methyl/N-ethyl adjacent to an activating group) is 1. The lowest BCUT2D eigenvalue weighted by Gasteiger charge is -2.09. The molecule has 1 aromatic heterocycles.